The number of halogens is 5. The molecule has 1 aliphatic carbocycles. The highest BCUT2D eigenvalue weighted by Gasteiger charge is 2.40. The molecule has 2 N–H and O–H groups in total. The SMILES string of the molecule is CC1CC(/C=C/c2[nH]c3cc(Br)ccc3c2/C(=N/O)C(F)(F)F)=CC=C1Cl. The molecule has 0 radical (unpaired) electrons. The monoisotopic (exact) mass is 458 g/mol. The minimum atomic E-state index is -4.80. The van der Waals surface area contributed by atoms with Crippen molar-refractivity contribution >= 4 is 50.2 Å². The Morgan fingerprint density at radius 1 is 1.33 bits per heavy atom. The van der Waals surface area contributed by atoms with Crippen molar-refractivity contribution in [2.24, 2.45) is 11.1 Å². The molecule has 2 aromatic rings. The number of nitrogens with one attached hydrogen (secondary N) is 1. The number of hydrogen-bond acceptors (Lipinski definition) is 2. The zero-order valence-corrected chi connectivity index (χ0v) is 16.5. The van der Waals surface area contributed by atoms with Gasteiger partial charge >= 0.3 is 6.18 Å². The zero-order valence-electron chi connectivity index (χ0n) is 14.1. The molecule has 1 aliphatic rings. The molecule has 1 heterocycles. The fourth-order valence-electron chi connectivity index (χ4n) is 3.00. The smallest absolute Gasteiger partial charge is 0.410 e. The molecule has 0 saturated heterocycles. The Hall–Kier alpha value is -1.99. The second kappa shape index (κ2) is 7.56. The minimum absolute atomic E-state index is 0.152. The van der Waals surface area contributed by atoms with E-state index in [2.05, 4.69) is 26.1 Å². The quantitative estimate of drug-likeness (QED) is 0.297. The lowest BCUT2D eigenvalue weighted by Crippen LogP contribution is -2.24. The maximum absolute atomic E-state index is 13.4. The van der Waals surface area contributed by atoms with Crippen LogP contribution in [-0.4, -0.2) is 22.1 Å². The van der Waals surface area contributed by atoms with Gasteiger partial charge in [0.1, 0.15) is 0 Å². The number of hydrogen-bond donors (Lipinski definition) is 2. The van der Waals surface area contributed by atoms with Crippen molar-refractivity contribution in [3.63, 3.8) is 0 Å². The van der Waals surface area contributed by atoms with Crippen LogP contribution in [0.4, 0.5) is 13.2 Å². The summed E-state index contributed by atoms with van der Waals surface area (Å²) in [4.78, 5) is 2.97. The summed E-state index contributed by atoms with van der Waals surface area (Å²) in [5.41, 5.74) is 0.111. The molecule has 0 fully saturated rings. The zero-order chi connectivity index (χ0) is 19.8. The molecule has 0 aliphatic heterocycles. The lowest BCUT2D eigenvalue weighted by atomic mass is 9.95. The minimum Gasteiger partial charge on any atom is -0.410 e. The fourth-order valence-corrected chi connectivity index (χ4v) is 3.50. The number of allylic oxidation sites excluding steroid dienone is 5. The van der Waals surface area contributed by atoms with E-state index in [-0.39, 0.29) is 17.2 Å². The van der Waals surface area contributed by atoms with E-state index in [0.717, 1.165) is 15.1 Å². The summed E-state index contributed by atoms with van der Waals surface area (Å²) in [7, 11) is 0. The maximum atomic E-state index is 13.4. The Labute approximate surface area is 167 Å². The summed E-state index contributed by atoms with van der Waals surface area (Å²) in [6, 6.07) is 4.85. The van der Waals surface area contributed by atoms with Crippen molar-refractivity contribution in [1.29, 1.82) is 0 Å². The molecule has 1 aromatic heterocycles. The van der Waals surface area contributed by atoms with Gasteiger partial charge in [-0.2, -0.15) is 13.2 Å². The predicted molar refractivity (Wildman–Crippen MR) is 105 cm³/mol. The van der Waals surface area contributed by atoms with Crippen molar-refractivity contribution in [3.05, 3.63) is 62.8 Å². The van der Waals surface area contributed by atoms with Gasteiger partial charge in [0.2, 0.25) is 0 Å². The second-order valence-electron chi connectivity index (χ2n) is 6.28. The van der Waals surface area contributed by atoms with E-state index in [9.17, 15) is 13.2 Å². The van der Waals surface area contributed by atoms with Gasteiger partial charge in [0.25, 0.3) is 0 Å². The van der Waals surface area contributed by atoms with Crippen LogP contribution in [0, 0.1) is 5.92 Å². The van der Waals surface area contributed by atoms with Gasteiger partial charge in [-0.25, -0.2) is 0 Å². The lowest BCUT2D eigenvalue weighted by Gasteiger charge is -2.15. The van der Waals surface area contributed by atoms with E-state index in [0.29, 0.717) is 17.3 Å². The second-order valence-corrected chi connectivity index (χ2v) is 7.63. The van der Waals surface area contributed by atoms with Crippen LogP contribution >= 0.6 is 27.5 Å². The molecule has 0 spiro atoms. The highest BCUT2D eigenvalue weighted by molar-refractivity contribution is 9.10. The molecule has 0 bridgehead atoms. The number of alkyl halides is 3. The standard InChI is InChI=1S/C19H15BrClF3N2O/c1-10-8-11(2-6-14(10)21)3-7-15-17(18(26-27)19(22,23)24)13-5-4-12(20)9-16(13)25-15/h2-7,9-10,25,27H,8H2,1H3/b7-3+,26-18-. The van der Waals surface area contributed by atoms with Gasteiger partial charge in [-0.1, -0.05) is 57.8 Å². The highest BCUT2D eigenvalue weighted by Crippen LogP contribution is 2.33. The van der Waals surface area contributed by atoms with Crippen molar-refractivity contribution in [1.82, 2.24) is 4.98 Å². The van der Waals surface area contributed by atoms with Gasteiger partial charge in [0, 0.05) is 31.7 Å². The number of aromatic amines is 1. The first-order valence-corrected chi connectivity index (χ1v) is 9.23. The van der Waals surface area contributed by atoms with E-state index in [1.54, 1.807) is 36.4 Å². The number of rotatable bonds is 3. The molecule has 1 atom stereocenters. The topological polar surface area (TPSA) is 48.4 Å². The van der Waals surface area contributed by atoms with Crippen LogP contribution in [0.15, 0.2) is 56.7 Å². The average molecular weight is 460 g/mol. The van der Waals surface area contributed by atoms with Crippen LogP contribution in [0.3, 0.4) is 0 Å². The van der Waals surface area contributed by atoms with Gasteiger partial charge in [0.05, 0.1) is 0 Å². The Bertz CT molecular complexity index is 1000. The average Bonchev–Trinajstić information content (AvgIpc) is 2.93. The first kappa shape index (κ1) is 19.8. The van der Waals surface area contributed by atoms with Crippen molar-refractivity contribution in [2.45, 2.75) is 19.5 Å². The summed E-state index contributed by atoms with van der Waals surface area (Å²) in [5, 5.41) is 12.6. The molecule has 27 heavy (non-hydrogen) atoms. The van der Waals surface area contributed by atoms with Crippen LogP contribution in [0.2, 0.25) is 0 Å². The van der Waals surface area contributed by atoms with Gasteiger partial charge < -0.3 is 10.2 Å². The van der Waals surface area contributed by atoms with E-state index in [1.807, 2.05) is 13.0 Å². The number of aromatic nitrogens is 1. The van der Waals surface area contributed by atoms with Crippen LogP contribution in [0.25, 0.3) is 17.0 Å². The Balaban J connectivity index is 2.12. The molecule has 1 unspecified atom stereocenters. The van der Waals surface area contributed by atoms with E-state index < -0.39 is 11.9 Å². The maximum Gasteiger partial charge on any atom is 0.437 e. The molecular formula is C19H15BrClF3N2O. The van der Waals surface area contributed by atoms with Gasteiger partial charge in [-0.3, -0.25) is 0 Å². The number of oxime groups is 1. The molecule has 1 aromatic carbocycles. The Morgan fingerprint density at radius 2 is 2.07 bits per heavy atom. The van der Waals surface area contributed by atoms with Crippen molar-refractivity contribution in [3.8, 4) is 0 Å². The third kappa shape index (κ3) is 4.14. The molecular weight excluding hydrogens is 445 g/mol. The number of nitrogens with zero attached hydrogens (tertiary/aromatic N) is 1. The van der Waals surface area contributed by atoms with Gasteiger partial charge in [0.15, 0.2) is 5.71 Å². The largest absolute Gasteiger partial charge is 0.437 e. The predicted octanol–water partition coefficient (Wildman–Crippen LogP) is 6.77. The summed E-state index contributed by atoms with van der Waals surface area (Å²) >= 11 is 9.37. The van der Waals surface area contributed by atoms with Crippen molar-refractivity contribution in [2.75, 3.05) is 0 Å². The Kier molecular flexibility index (Phi) is 5.53. The molecule has 0 amide bonds. The van der Waals surface area contributed by atoms with Gasteiger partial charge in [-0.05, 0) is 42.2 Å². The molecule has 8 heteroatoms. The number of fused-ring (bicyclic) bond motifs is 1. The van der Waals surface area contributed by atoms with E-state index in [1.165, 1.54) is 0 Å². The fraction of sp³-hybridized carbons (Fsp3) is 0.211. The lowest BCUT2D eigenvalue weighted by molar-refractivity contribution is -0.0600. The van der Waals surface area contributed by atoms with Crippen molar-refractivity contribution < 1.29 is 18.4 Å². The van der Waals surface area contributed by atoms with E-state index >= 15 is 0 Å². The third-order valence-electron chi connectivity index (χ3n) is 4.33. The normalized spacial score (nSPS) is 18.9. The first-order valence-electron chi connectivity index (χ1n) is 8.06. The third-order valence-corrected chi connectivity index (χ3v) is 5.32. The summed E-state index contributed by atoms with van der Waals surface area (Å²) in [6.07, 6.45) is 2.82. The van der Waals surface area contributed by atoms with Crippen LogP contribution in [0.5, 0.6) is 0 Å². The number of benzene rings is 1. The van der Waals surface area contributed by atoms with Crippen LogP contribution < -0.4 is 0 Å². The Morgan fingerprint density at radius 3 is 2.70 bits per heavy atom. The highest BCUT2D eigenvalue weighted by atomic mass is 79.9. The molecule has 3 rings (SSSR count). The molecule has 3 nitrogen and oxygen atoms in total. The van der Waals surface area contributed by atoms with Crippen LogP contribution in [-0.2, 0) is 0 Å². The molecule has 142 valence electrons. The van der Waals surface area contributed by atoms with Gasteiger partial charge in [-0.15, -0.1) is 0 Å². The summed E-state index contributed by atoms with van der Waals surface area (Å²) in [6.45, 7) is 1.98. The summed E-state index contributed by atoms with van der Waals surface area (Å²) in [5.74, 6) is 0.152. The summed E-state index contributed by atoms with van der Waals surface area (Å²) < 4.78 is 40.9. The van der Waals surface area contributed by atoms with E-state index in [4.69, 9.17) is 16.8 Å². The number of H-pyrrole nitrogens is 1. The first-order chi connectivity index (χ1) is 12.7. The van der Waals surface area contributed by atoms with Crippen LogP contribution in [0.1, 0.15) is 24.6 Å². The molecule has 0 saturated carbocycles.